The number of hydrogen-bond acceptors (Lipinski definition) is 9. The SMILES string of the molecule is CN(C)c1nc(N)nc(CSc2nc3sc4c(c3c(=O)n2C2CCCC2)CCCC4)n1. The summed E-state index contributed by atoms with van der Waals surface area (Å²) in [4.78, 5) is 35.7. The predicted molar refractivity (Wildman–Crippen MR) is 126 cm³/mol. The fourth-order valence-corrected chi connectivity index (χ4v) is 6.83. The second-order valence-electron chi connectivity index (χ2n) is 8.49. The van der Waals surface area contributed by atoms with Gasteiger partial charge in [0.25, 0.3) is 5.56 Å². The third-order valence-corrected chi connectivity index (χ3v) is 8.23. The first-order valence-corrected chi connectivity index (χ1v) is 12.7. The van der Waals surface area contributed by atoms with Gasteiger partial charge in [0.15, 0.2) is 5.16 Å². The van der Waals surface area contributed by atoms with E-state index in [0.717, 1.165) is 60.3 Å². The molecule has 2 N–H and O–H groups in total. The molecule has 0 aliphatic heterocycles. The quantitative estimate of drug-likeness (QED) is 0.458. The molecule has 10 heteroatoms. The lowest BCUT2D eigenvalue weighted by molar-refractivity contribution is 0.457. The van der Waals surface area contributed by atoms with Gasteiger partial charge in [-0.1, -0.05) is 24.6 Å². The van der Waals surface area contributed by atoms with E-state index in [1.165, 1.54) is 28.6 Å². The van der Waals surface area contributed by atoms with Crippen molar-refractivity contribution in [1.82, 2.24) is 24.5 Å². The number of nitrogens with two attached hydrogens (primary N) is 1. The molecule has 3 aromatic rings. The standard InChI is InChI=1S/C21H27N7OS2/c1-27(2)20-24-15(23-19(22)26-20)11-30-21-25-17-16(13-9-5-6-10-14(13)31-17)18(29)28(21)12-7-3-4-8-12/h12H,3-11H2,1-2H3,(H2,22,23,24,26). The molecule has 0 atom stereocenters. The average Bonchev–Trinajstić information content (AvgIpc) is 3.39. The zero-order chi connectivity index (χ0) is 21.5. The van der Waals surface area contributed by atoms with Crippen LogP contribution in [0.3, 0.4) is 0 Å². The van der Waals surface area contributed by atoms with E-state index in [2.05, 4.69) is 15.0 Å². The van der Waals surface area contributed by atoms with E-state index in [1.807, 2.05) is 18.7 Å². The van der Waals surface area contributed by atoms with Gasteiger partial charge in [-0.3, -0.25) is 9.36 Å². The van der Waals surface area contributed by atoms with Crippen molar-refractivity contribution in [2.75, 3.05) is 24.7 Å². The normalized spacial score (nSPS) is 16.7. The summed E-state index contributed by atoms with van der Waals surface area (Å²) in [5.74, 6) is 1.82. The fraction of sp³-hybridized carbons (Fsp3) is 0.571. The summed E-state index contributed by atoms with van der Waals surface area (Å²) >= 11 is 3.23. The zero-order valence-corrected chi connectivity index (χ0v) is 19.6. The van der Waals surface area contributed by atoms with E-state index < -0.39 is 0 Å². The summed E-state index contributed by atoms with van der Waals surface area (Å²) in [6.45, 7) is 0. The minimum absolute atomic E-state index is 0.142. The Morgan fingerprint density at radius 3 is 2.65 bits per heavy atom. The number of nitrogens with zero attached hydrogens (tertiary/aromatic N) is 6. The summed E-state index contributed by atoms with van der Waals surface area (Å²) < 4.78 is 1.97. The van der Waals surface area contributed by atoms with E-state index in [0.29, 0.717) is 17.5 Å². The highest BCUT2D eigenvalue weighted by atomic mass is 32.2. The minimum atomic E-state index is 0.142. The molecular formula is C21H27N7OS2. The number of thioether (sulfide) groups is 1. The number of nitrogen functional groups attached to an aromatic ring is 1. The van der Waals surface area contributed by atoms with E-state index in [9.17, 15) is 4.79 Å². The lowest BCUT2D eigenvalue weighted by atomic mass is 9.97. The number of hydrogen-bond donors (Lipinski definition) is 1. The van der Waals surface area contributed by atoms with E-state index in [4.69, 9.17) is 10.7 Å². The molecule has 0 saturated heterocycles. The van der Waals surface area contributed by atoms with Gasteiger partial charge in [-0.2, -0.15) is 15.0 Å². The summed E-state index contributed by atoms with van der Waals surface area (Å²) in [5, 5.41) is 1.64. The van der Waals surface area contributed by atoms with Gasteiger partial charge in [0, 0.05) is 25.0 Å². The van der Waals surface area contributed by atoms with Crippen LogP contribution in [0.5, 0.6) is 0 Å². The van der Waals surface area contributed by atoms with Crippen LogP contribution in [0.4, 0.5) is 11.9 Å². The Morgan fingerprint density at radius 2 is 1.87 bits per heavy atom. The molecule has 2 aliphatic rings. The van der Waals surface area contributed by atoms with Gasteiger partial charge in [0.1, 0.15) is 10.7 Å². The van der Waals surface area contributed by atoms with Crippen LogP contribution in [-0.4, -0.2) is 38.6 Å². The van der Waals surface area contributed by atoms with Crippen LogP contribution >= 0.6 is 23.1 Å². The molecule has 1 fully saturated rings. The topological polar surface area (TPSA) is 103 Å². The number of rotatable bonds is 5. The molecule has 2 aliphatic carbocycles. The molecule has 3 heterocycles. The van der Waals surface area contributed by atoms with Crippen LogP contribution in [0, 0.1) is 0 Å². The van der Waals surface area contributed by atoms with Gasteiger partial charge in [0.05, 0.1) is 11.1 Å². The van der Waals surface area contributed by atoms with Gasteiger partial charge in [-0.05, 0) is 44.1 Å². The summed E-state index contributed by atoms with van der Waals surface area (Å²) in [6, 6.07) is 0.229. The molecule has 5 rings (SSSR count). The minimum Gasteiger partial charge on any atom is -0.368 e. The van der Waals surface area contributed by atoms with E-state index >= 15 is 0 Å². The van der Waals surface area contributed by atoms with Crippen molar-refractivity contribution in [3.63, 3.8) is 0 Å². The van der Waals surface area contributed by atoms with Crippen LogP contribution in [0.15, 0.2) is 9.95 Å². The molecule has 0 amide bonds. The van der Waals surface area contributed by atoms with Gasteiger partial charge >= 0.3 is 0 Å². The highest BCUT2D eigenvalue weighted by Gasteiger charge is 2.27. The Labute approximate surface area is 189 Å². The van der Waals surface area contributed by atoms with Crippen LogP contribution in [-0.2, 0) is 18.6 Å². The smallest absolute Gasteiger partial charge is 0.263 e. The molecule has 0 spiro atoms. The second-order valence-corrected chi connectivity index (χ2v) is 10.5. The van der Waals surface area contributed by atoms with Crippen LogP contribution < -0.4 is 16.2 Å². The molecule has 1 saturated carbocycles. The predicted octanol–water partition coefficient (Wildman–Crippen LogP) is 3.58. The number of thiophene rings is 1. The lowest BCUT2D eigenvalue weighted by Gasteiger charge is -2.18. The third-order valence-electron chi connectivity index (χ3n) is 6.10. The largest absolute Gasteiger partial charge is 0.368 e. The molecule has 164 valence electrons. The van der Waals surface area contributed by atoms with E-state index in [-0.39, 0.29) is 17.5 Å². The van der Waals surface area contributed by atoms with Crippen molar-refractivity contribution in [3.8, 4) is 0 Å². The molecule has 31 heavy (non-hydrogen) atoms. The van der Waals surface area contributed by atoms with Crippen molar-refractivity contribution in [1.29, 1.82) is 0 Å². The molecule has 0 radical (unpaired) electrons. The van der Waals surface area contributed by atoms with Gasteiger partial charge in [-0.25, -0.2) is 4.98 Å². The summed E-state index contributed by atoms with van der Waals surface area (Å²) in [7, 11) is 3.75. The first-order valence-electron chi connectivity index (χ1n) is 10.9. The highest BCUT2D eigenvalue weighted by Crippen LogP contribution is 2.37. The Balaban J connectivity index is 1.56. The first kappa shape index (κ1) is 20.7. The van der Waals surface area contributed by atoms with Crippen LogP contribution in [0.2, 0.25) is 0 Å². The lowest BCUT2D eigenvalue weighted by Crippen LogP contribution is -2.26. The number of anilines is 2. The van der Waals surface area contributed by atoms with Crippen LogP contribution in [0.25, 0.3) is 10.2 Å². The van der Waals surface area contributed by atoms with Crippen molar-refractivity contribution < 1.29 is 0 Å². The van der Waals surface area contributed by atoms with Crippen molar-refractivity contribution in [3.05, 3.63) is 26.6 Å². The molecular weight excluding hydrogens is 430 g/mol. The Morgan fingerprint density at radius 1 is 1.10 bits per heavy atom. The average molecular weight is 458 g/mol. The van der Waals surface area contributed by atoms with Gasteiger partial charge in [-0.15, -0.1) is 11.3 Å². The molecule has 3 aromatic heterocycles. The fourth-order valence-electron chi connectivity index (χ4n) is 4.60. The number of aromatic nitrogens is 5. The van der Waals surface area contributed by atoms with Crippen molar-refractivity contribution >= 4 is 45.2 Å². The molecule has 0 aromatic carbocycles. The first-order chi connectivity index (χ1) is 15.0. The number of fused-ring (bicyclic) bond motifs is 3. The molecule has 0 bridgehead atoms. The van der Waals surface area contributed by atoms with E-state index in [1.54, 1.807) is 16.2 Å². The maximum Gasteiger partial charge on any atom is 0.263 e. The van der Waals surface area contributed by atoms with Crippen molar-refractivity contribution in [2.45, 2.75) is 68.3 Å². The highest BCUT2D eigenvalue weighted by molar-refractivity contribution is 7.98. The maximum absolute atomic E-state index is 13.7. The third kappa shape index (κ3) is 3.91. The Bertz CT molecular complexity index is 1180. The second kappa shape index (κ2) is 8.38. The maximum atomic E-state index is 13.7. The molecule has 0 unspecified atom stereocenters. The summed E-state index contributed by atoms with van der Waals surface area (Å²) in [6.07, 6.45) is 8.84. The van der Waals surface area contributed by atoms with Crippen molar-refractivity contribution in [2.24, 2.45) is 0 Å². The monoisotopic (exact) mass is 457 g/mol. The van der Waals surface area contributed by atoms with Gasteiger partial charge in [0.2, 0.25) is 11.9 Å². The van der Waals surface area contributed by atoms with Gasteiger partial charge < -0.3 is 10.6 Å². The summed E-state index contributed by atoms with van der Waals surface area (Å²) in [5.41, 5.74) is 7.28. The molecule has 8 nitrogen and oxygen atoms in total. The Hall–Kier alpha value is -2.20. The zero-order valence-electron chi connectivity index (χ0n) is 17.9. The van der Waals surface area contributed by atoms with Crippen LogP contribution in [0.1, 0.15) is 60.8 Å². The Kier molecular flexibility index (Phi) is 5.60. The number of aryl methyl sites for hydroxylation is 2.